The quantitative estimate of drug-likeness (QED) is 0.320. The molecule has 23 heavy (non-hydrogen) atoms. The molecule has 0 heterocycles. The van der Waals surface area contributed by atoms with E-state index in [1.165, 1.54) is 19.2 Å². The van der Waals surface area contributed by atoms with Gasteiger partial charge in [-0.1, -0.05) is 0 Å². The van der Waals surface area contributed by atoms with E-state index in [0.717, 1.165) is 0 Å². The predicted octanol–water partition coefficient (Wildman–Crippen LogP) is 0.330. The number of amides is 1. The summed E-state index contributed by atoms with van der Waals surface area (Å²) in [5, 5.41) is 23.0. The first-order chi connectivity index (χ1) is 11.0. The van der Waals surface area contributed by atoms with Gasteiger partial charge in [0.2, 0.25) is 11.7 Å². The van der Waals surface area contributed by atoms with E-state index in [1.807, 2.05) is 0 Å². The molecule has 0 saturated heterocycles. The molecule has 1 aromatic rings. The van der Waals surface area contributed by atoms with Crippen LogP contribution in [0.2, 0.25) is 0 Å². The first kappa shape index (κ1) is 18.7. The Morgan fingerprint density at radius 2 is 2.22 bits per heavy atom. The molecule has 9 nitrogen and oxygen atoms in total. The second-order valence-electron chi connectivity index (χ2n) is 4.61. The van der Waals surface area contributed by atoms with Gasteiger partial charge in [0.25, 0.3) is 0 Å². The normalized spacial score (nSPS) is 10.2. The molecule has 0 radical (unpaired) electrons. The van der Waals surface area contributed by atoms with Crippen molar-refractivity contribution in [2.75, 3.05) is 26.8 Å². The summed E-state index contributed by atoms with van der Waals surface area (Å²) in [5.41, 5.74) is 5.07. The average Bonchev–Trinajstić information content (AvgIpc) is 2.55. The van der Waals surface area contributed by atoms with E-state index < -0.39 is 11.5 Å². The molecule has 0 unspecified atom stereocenters. The topological polar surface area (TPSA) is 137 Å². The van der Waals surface area contributed by atoms with Crippen LogP contribution in [0.5, 0.6) is 11.5 Å². The van der Waals surface area contributed by atoms with Crippen LogP contribution in [0.3, 0.4) is 0 Å². The molecule has 0 aliphatic carbocycles. The summed E-state index contributed by atoms with van der Waals surface area (Å²) in [7, 11) is 1.37. The Balaban J connectivity index is 2.75. The zero-order valence-corrected chi connectivity index (χ0v) is 12.9. The van der Waals surface area contributed by atoms with E-state index in [4.69, 9.17) is 15.2 Å². The summed E-state index contributed by atoms with van der Waals surface area (Å²) in [5.74, 6) is -0.0162. The Labute approximate surface area is 133 Å². The fourth-order valence-corrected chi connectivity index (χ4v) is 1.93. The van der Waals surface area contributed by atoms with Gasteiger partial charge in [-0.25, -0.2) is 0 Å². The lowest BCUT2D eigenvalue weighted by Gasteiger charge is -2.12. The van der Waals surface area contributed by atoms with Crippen LogP contribution < -0.4 is 20.5 Å². The van der Waals surface area contributed by atoms with Crippen molar-refractivity contribution in [2.24, 2.45) is 5.73 Å². The zero-order valence-electron chi connectivity index (χ0n) is 12.9. The van der Waals surface area contributed by atoms with Crippen LogP contribution in [0.25, 0.3) is 0 Å². The number of nitro groups is 1. The van der Waals surface area contributed by atoms with E-state index in [-0.39, 0.29) is 41.7 Å². The number of methoxy groups -OCH3 is 1. The first-order valence-electron chi connectivity index (χ1n) is 7.09. The lowest BCUT2D eigenvalue weighted by Crippen LogP contribution is -2.29. The summed E-state index contributed by atoms with van der Waals surface area (Å²) in [4.78, 5) is 22.0. The molecule has 0 bridgehead atoms. The van der Waals surface area contributed by atoms with Crippen LogP contribution >= 0.6 is 0 Å². The van der Waals surface area contributed by atoms with Crippen molar-refractivity contribution < 1.29 is 24.3 Å². The Hall–Kier alpha value is -2.39. The Kier molecular flexibility index (Phi) is 7.78. The molecule has 4 N–H and O–H groups in total. The number of nitrogens with one attached hydrogen (secondary N) is 1. The fraction of sp³-hybridized carbons (Fsp3) is 0.500. The van der Waals surface area contributed by atoms with Crippen molar-refractivity contribution in [3.63, 3.8) is 0 Å². The van der Waals surface area contributed by atoms with Crippen molar-refractivity contribution in [1.82, 2.24) is 5.32 Å². The molecule has 0 atom stereocenters. The monoisotopic (exact) mass is 327 g/mol. The highest BCUT2D eigenvalue weighted by Crippen LogP contribution is 2.39. The minimum atomic E-state index is -0.628. The molecule has 9 heteroatoms. The third-order valence-electron chi connectivity index (χ3n) is 3.01. The average molecular weight is 327 g/mol. The molecular formula is C14H21N3O6. The number of carbonyl (C=O) groups excluding carboxylic acids is 1. The van der Waals surface area contributed by atoms with E-state index in [1.54, 1.807) is 0 Å². The zero-order chi connectivity index (χ0) is 17.2. The highest BCUT2D eigenvalue weighted by atomic mass is 16.6. The molecule has 1 aromatic carbocycles. The van der Waals surface area contributed by atoms with Crippen LogP contribution in [0.4, 0.5) is 5.69 Å². The van der Waals surface area contributed by atoms with Gasteiger partial charge >= 0.3 is 5.69 Å². The number of aliphatic hydroxyl groups excluding tert-OH is 1. The molecule has 0 spiro atoms. The van der Waals surface area contributed by atoms with Gasteiger partial charge in [0.15, 0.2) is 5.75 Å². The number of rotatable bonds is 10. The van der Waals surface area contributed by atoms with Crippen LogP contribution in [0.15, 0.2) is 12.1 Å². The summed E-state index contributed by atoms with van der Waals surface area (Å²) in [6.45, 7) is 0.372. The van der Waals surface area contributed by atoms with Crippen LogP contribution in [-0.2, 0) is 11.4 Å². The van der Waals surface area contributed by atoms with Crippen molar-refractivity contribution in [3.05, 3.63) is 27.8 Å². The molecule has 0 fully saturated rings. The number of benzene rings is 1. The number of ether oxygens (including phenoxy) is 2. The third-order valence-corrected chi connectivity index (χ3v) is 3.01. The molecule has 1 amide bonds. The number of nitro benzene ring substituents is 1. The van der Waals surface area contributed by atoms with E-state index in [0.29, 0.717) is 19.5 Å². The fourth-order valence-electron chi connectivity index (χ4n) is 1.93. The van der Waals surface area contributed by atoms with Gasteiger partial charge in [0, 0.05) is 19.5 Å². The summed E-state index contributed by atoms with van der Waals surface area (Å²) < 4.78 is 10.5. The van der Waals surface area contributed by atoms with Gasteiger partial charge in [0.1, 0.15) is 0 Å². The maximum absolute atomic E-state index is 11.4. The Morgan fingerprint density at radius 1 is 1.48 bits per heavy atom. The van der Waals surface area contributed by atoms with Crippen LogP contribution in [0.1, 0.15) is 18.4 Å². The summed E-state index contributed by atoms with van der Waals surface area (Å²) >= 11 is 0. The number of aliphatic hydroxyl groups is 1. The smallest absolute Gasteiger partial charge is 0.320 e. The largest absolute Gasteiger partial charge is 0.493 e. The van der Waals surface area contributed by atoms with E-state index >= 15 is 0 Å². The number of carbonyl (C=O) groups is 1. The second-order valence-corrected chi connectivity index (χ2v) is 4.61. The molecule has 0 aliphatic heterocycles. The van der Waals surface area contributed by atoms with Gasteiger partial charge in [-0.3, -0.25) is 14.9 Å². The van der Waals surface area contributed by atoms with Crippen molar-refractivity contribution >= 4 is 11.6 Å². The standard InChI is InChI=1S/C14H21N3O6/c1-22-11-5-4-10(9-18)13(17(20)21)14(11)23-8-2-3-12(19)16-7-6-15/h4-5,18H,2-3,6-9,15H2,1H3,(H,16,19). The molecular weight excluding hydrogens is 306 g/mol. The summed E-state index contributed by atoms with van der Waals surface area (Å²) in [6, 6.07) is 2.89. The maximum Gasteiger partial charge on any atom is 0.320 e. The van der Waals surface area contributed by atoms with Gasteiger partial charge in [-0.05, 0) is 18.6 Å². The number of nitrogens with two attached hydrogens (primary N) is 1. The van der Waals surface area contributed by atoms with E-state index in [9.17, 15) is 20.0 Å². The lowest BCUT2D eigenvalue weighted by atomic mass is 10.1. The summed E-state index contributed by atoms with van der Waals surface area (Å²) in [6.07, 6.45) is 0.593. The maximum atomic E-state index is 11.4. The Bertz CT molecular complexity index is 550. The van der Waals surface area contributed by atoms with Gasteiger partial charge in [-0.2, -0.15) is 0 Å². The van der Waals surface area contributed by atoms with Gasteiger partial charge in [-0.15, -0.1) is 0 Å². The molecule has 1 rings (SSSR count). The molecule has 0 saturated carbocycles. The van der Waals surface area contributed by atoms with Crippen LogP contribution in [-0.4, -0.2) is 42.7 Å². The highest BCUT2D eigenvalue weighted by Gasteiger charge is 2.25. The third kappa shape index (κ3) is 5.38. The molecule has 0 aromatic heterocycles. The lowest BCUT2D eigenvalue weighted by molar-refractivity contribution is -0.386. The van der Waals surface area contributed by atoms with Crippen molar-refractivity contribution in [3.8, 4) is 11.5 Å². The Morgan fingerprint density at radius 3 is 2.78 bits per heavy atom. The second kappa shape index (κ2) is 9.59. The number of hydrogen-bond donors (Lipinski definition) is 3. The minimum absolute atomic E-state index is 0.0496. The van der Waals surface area contributed by atoms with Crippen LogP contribution in [0, 0.1) is 10.1 Å². The van der Waals surface area contributed by atoms with Crippen molar-refractivity contribution in [2.45, 2.75) is 19.4 Å². The molecule has 128 valence electrons. The highest BCUT2D eigenvalue weighted by molar-refractivity contribution is 5.75. The minimum Gasteiger partial charge on any atom is -0.493 e. The SMILES string of the molecule is COc1ccc(CO)c([N+](=O)[O-])c1OCCCC(=O)NCCN. The van der Waals surface area contributed by atoms with Crippen molar-refractivity contribution in [1.29, 1.82) is 0 Å². The first-order valence-corrected chi connectivity index (χ1v) is 7.09. The number of hydrogen-bond acceptors (Lipinski definition) is 7. The molecule has 0 aliphatic rings. The van der Waals surface area contributed by atoms with Gasteiger partial charge < -0.3 is 25.6 Å². The number of nitrogens with zero attached hydrogens (tertiary/aromatic N) is 1. The predicted molar refractivity (Wildman–Crippen MR) is 82.4 cm³/mol. The van der Waals surface area contributed by atoms with E-state index in [2.05, 4.69) is 5.32 Å². The van der Waals surface area contributed by atoms with Gasteiger partial charge in [0.05, 0.1) is 30.8 Å².